The summed E-state index contributed by atoms with van der Waals surface area (Å²) in [4.78, 5) is 0. The third-order valence-electron chi connectivity index (χ3n) is 5.42. The highest BCUT2D eigenvalue weighted by Gasteiger charge is 2.34. The zero-order valence-corrected chi connectivity index (χ0v) is 14.5. The molecule has 2 aromatic carbocycles. The first-order valence-corrected chi connectivity index (χ1v) is 9.20. The summed E-state index contributed by atoms with van der Waals surface area (Å²) in [6.07, 6.45) is 6.72. The highest BCUT2D eigenvalue weighted by atomic mass is 14.4. The molecular weight excluding hydrogens is 276 g/mol. The second-order valence-electron chi connectivity index (χ2n) is 7.32. The maximum atomic E-state index is 2.38. The van der Waals surface area contributed by atoms with Crippen LogP contribution in [0, 0.1) is 17.8 Å². The van der Waals surface area contributed by atoms with Crippen LogP contribution < -0.4 is 0 Å². The molecule has 3 rings (SSSR count). The van der Waals surface area contributed by atoms with E-state index in [-0.39, 0.29) is 0 Å². The second kappa shape index (κ2) is 7.81. The quantitative estimate of drug-likeness (QED) is 0.576. The molecule has 0 spiro atoms. The molecule has 0 saturated heterocycles. The van der Waals surface area contributed by atoms with E-state index >= 15 is 0 Å². The first-order chi connectivity index (χ1) is 11.3. The van der Waals surface area contributed by atoms with E-state index in [0.717, 1.165) is 12.3 Å². The van der Waals surface area contributed by atoms with Crippen molar-refractivity contribution >= 4 is 0 Å². The SMILES string of the molecule is CC(C)[C](Cc1ccccc1)C(c1ccccc1)C1CCCC1. The van der Waals surface area contributed by atoms with Gasteiger partial charge in [-0.3, -0.25) is 0 Å². The molecule has 1 fully saturated rings. The van der Waals surface area contributed by atoms with E-state index in [1.54, 1.807) is 5.92 Å². The number of hydrogen-bond acceptors (Lipinski definition) is 0. The van der Waals surface area contributed by atoms with Crippen molar-refractivity contribution in [2.45, 2.75) is 51.9 Å². The van der Waals surface area contributed by atoms with Gasteiger partial charge in [0.05, 0.1) is 0 Å². The molecule has 2 aromatic rings. The lowest BCUT2D eigenvalue weighted by atomic mass is 9.69. The van der Waals surface area contributed by atoms with Crippen LogP contribution in [0.4, 0.5) is 0 Å². The lowest BCUT2D eigenvalue weighted by Crippen LogP contribution is -2.24. The molecule has 1 aliphatic carbocycles. The largest absolute Gasteiger partial charge is 0.0622 e. The van der Waals surface area contributed by atoms with Crippen LogP contribution >= 0.6 is 0 Å². The van der Waals surface area contributed by atoms with Crippen LogP contribution in [0.15, 0.2) is 60.7 Å². The molecule has 23 heavy (non-hydrogen) atoms. The summed E-state index contributed by atoms with van der Waals surface area (Å²) < 4.78 is 0. The van der Waals surface area contributed by atoms with Gasteiger partial charge in [-0.1, -0.05) is 87.4 Å². The van der Waals surface area contributed by atoms with Gasteiger partial charge in [-0.25, -0.2) is 0 Å². The number of hydrogen-bond donors (Lipinski definition) is 0. The second-order valence-corrected chi connectivity index (χ2v) is 7.32. The van der Waals surface area contributed by atoms with Gasteiger partial charge in [0.25, 0.3) is 0 Å². The van der Waals surface area contributed by atoms with Crippen molar-refractivity contribution in [3.05, 3.63) is 77.7 Å². The highest BCUT2D eigenvalue weighted by molar-refractivity contribution is 5.31. The van der Waals surface area contributed by atoms with Crippen LogP contribution in [0.3, 0.4) is 0 Å². The van der Waals surface area contributed by atoms with Gasteiger partial charge < -0.3 is 0 Å². The van der Waals surface area contributed by atoms with E-state index in [1.807, 2.05) is 0 Å². The van der Waals surface area contributed by atoms with E-state index in [1.165, 1.54) is 36.8 Å². The first kappa shape index (κ1) is 16.3. The molecule has 0 heteroatoms. The third-order valence-corrected chi connectivity index (χ3v) is 5.42. The average Bonchev–Trinajstić information content (AvgIpc) is 3.10. The van der Waals surface area contributed by atoms with E-state index in [2.05, 4.69) is 74.5 Å². The average molecular weight is 305 g/mol. The van der Waals surface area contributed by atoms with E-state index < -0.39 is 0 Å². The Hall–Kier alpha value is -1.56. The van der Waals surface area contributed by atoms with Crippen molar-refractivity contribution < 1.29 is 0 Å². The van der Waals surface area contributed by atoms with Crippen LogP contribution in [0.25, 0.3) is 0 Å². The minimum atomic E-state index is 0.624. The Bertz CT molecular complexity index is 564. The van der Waals surface area contributed by atoms with Crippen LogP contribution in [-0.2, 0) is 6.42 Å². The van der Waals surface area contributed by atoms with Crippen molar-refractivity contribution in [2.75, 3.05) is 0 Å². The van der Waals surface area contributed by atoms with Crippen molar-refractivity contribution in [1.29, 1.82) is 0 Å². The van der Waals surface area contributed by atoms with E-state index in [0.29, 0.717) is 11.8 Å². The van der Waals surface area contributed by atoms with Crippen LogP contribution in [0.1, 0.15) is 56.6 Å². The molecule has 0 aliphatic heterocycles. The van der Waals surface area contributed by atoms with Crippen molar-refractivity contribution in [3.8, 4) is 0 Å². The summed E-state index contributed by atoms with van der Waals surface area (Å²) in [5.41, 5.74) is 2.98. The maximum Gasteiger partial charge on any atom is -0.00656 e. The molecule has 1 saturated carbocycles. The van der Waals surface area contributed by atoms with Gasteiger partial charge in [0, 0.05) is 0 Å². The smallest absolute Gasteiger partial charge is 0.00656 e. The predicted molar refractivity (Wildman–Crippen MR) is 99.4 cm³/mol. The van der Waals surface area contributed by atoms with Gasteiger partial charge >= 0.3 is 0 Å². The van der Waals surface area contributed by atoms with Crippen LogP contribution in [-0.4, -0.2) is 0 Å². The minimum Gasteiger partial charge on any atom is -0.0622 e. The molecule has 1 radical (unpaired) electrons. The van der Waals surface area contributed by atoms with Gasteiger partial charge in [-0.15, -0.1) is 0 Å². The molecule has 0 heterocycles. The first-order valence-electron chi connectivity index (χ1n) is 9.20. The summed E-state index contributed by atoms with van der Waals surface area (Å²) in [7, 11) is 0. The zero-order chi connectivity index (χ0) is 16.1. The molecule has 1 atom stereocenters. The Kier molecular flexibility index (Phi) is 5.54. The van der Waals surface area contributed by atoms with Gasteiger partial charge in [0.15, 0.2) is 0 Å². The Morgan fingerprint density at radius 2 is 1.43 bits per heavy atom. The molecule has 1 unspecified atom stereocenters. The fraction of sp³-hybridized carbons (Fsp3) is 0.435. The molecule has 0 N–H and O–H groups in total. The van der Waals surface area contributed by atoms with Gasteiger partial charge in [0.1, 0.15) is 0 Å². The normalized spacial score (nSPS) is 17.0. The molecular formula is C23H29. The molecule has 0 aromatic heterocycles. The van der Waals surface area contributed by atoms with Gasteiger partial charge in [-0.05, 0) is 54.1 Å². The van der Waals surface area contributed by atoms with Gasteiger partial charge in [-0.2, -0.15) is 0 Å². The summed E-state index contributed by atoms with van der Waals surface area (Å²) in [5, 5.41) is 0. The number of benzene rings is 2. The van der Waals surface area contributed by atoms with E-state index in [9.17, 15) is 0 Å². The van der Waals surface area contributed by atoms with Crippen molar-refractivity contribution in [1.82, 2.24) is 0 Å². The summed E-state index contributed by atoms with van der Waals surface area (Å²) in [6, 6.07) is 22.2. The van der Waals surface area contributed by atoms with Crippen molar-refractivity contribution in [3.63, 3.8) is 0 Å². The predicted octanol–water partition coefficient (Wildman–Crippen LogP) is 6.43. The third kappa shape index (κ3) is 4.05. The van der Waals surface area contributed by atoms with E-state index in [4.69, 9.17) is 0 Å². The lowest BCUT2D eigenvalue weighted by Gasteiger charge is -2.35. The summed E-state index contributed by atoms with van der Waals surface area (Å²) in [5.74, 6) is 3.80. The number of rotatable bonds is 6. The topological polar surface area (TPSA) is 0 Å². The molecule has 0 bridgehead atoms. The molecule has 121 valence electrons. The summed E-state index contributed by atoms with van der Waals surface area (Å²) >= 11 is 0. The van der Waals surface area contributed by atoms with Crippen LogP contribution in [0.2, 0.25) is 0 Å². The monoisotopic (exact) mass is 305 g/mol. The lowest BCUT2D eigenvalue weighted by molar-refractivity contribution is 0.390. The Morgan fingerprint density at radius 1 is 0.870 bits per heavy atom. The molecule has 1 aliphatic rings. The summed E-state index contributed by atoms with van der Waals surface area (Å²) in [6.45, 7) is 4.76. The minimum absolute atomic E-state index is 0.624. The maximum absolute atomic E-state index is 2.38. The standard InChI is InChI=1S/C23H29/c1-18(2)22(17-19-11-5-3-6-12-19)23(21-15-9-10-16-21)20-13-7-4-8-14-20/h3-8,11-14,18,21,23H,9-10,15-17H2,1-2H3. The fourth-order valence-electron chi connectivity index (χ4n) is 4.24. The van der Waals surface area contributed by atoms with Crippen molar-refractivity contribution in [2.24, 2.45) is 11.8 Å². The Balaban J connectivity index is 1.91. The highest BCUT2D eigenvalue weighted by Crippen LogP contribution is 2.46. The molecule has 0 amide bonds. The fourth-order valence-corrected chi connectivity index (χ4v) is 4.24. The van der Waals surface area contributed by atoms with Gasteiger partial charge in [0.2, 0.25) is 0 Å². The Morgan fingerprint density at radius 3 is 2.00 bits per heavy atom. The molecule has 0 nitrogen and oxygen atoms in total. The Labute approximate surface area is 141 Å². The van der Waals surface area contributed by atoms with Crippen LogP contribution in [0.5, 0.6) is 0 Å². The zero-order valence-electron chi connectivity index (χ0n) is 14.5.